The lowest BCUT2D eigenvalue weighted by Crippen LogP contribution is -1.99. The molecule has 0 atom stereocenters. The minimum absolute atomic E-state index is 0.466. The molecule has 3 heteroatoms. The van der Waals surface area contributed by atoms with Crippen LogP contribution in [0.2, 0.25) is 0 Å². The quantitative estimate of drug-likeness (QED) is 0.829. The van der Waals surface area contributed by atoms with Crippen LogP contribution >= 0.6 is 0 Å². The van der Waals surface area contributed by atoms with Gasteiger partial charge in [0.05, 0.1) is 0 Å². The summed E-state index contributed by atoms with van der Waals surface area (Å²) in [6.45, 7) is 3.30. The van der Waals surface area contributed by atoms with Gasteiger partial charge in [-0.25, -0.2) is 0 Å². The van der Waals surface area contributed by atoms with Crippen LogP contribution < -0.4 is 10.5 Å². The lowest BCUT2D eigenvalue weighted by atomic mass is 10.2. The Morgan fingerprint density at radius 3 is 2.47 bits per heavy atom. The smallest absolute Gasteiger partial charge is 0.146 e. The minimum atomic E-state index is 0.466. The number of nitrogens with two attached hydrogens (primary N) is 1. The molecule has 0 spiro atoms. The molecule has 0 saturated heterocycles. The summed E-state index contributed by atoms with van der Waals surface area (Å²) in [4.78, 5) is 0. The number of benzene rings is 1. The van der Waals surface area contributed by atoms with E-state index in [2.05, 4.69) is 19.1 Å². The van der Waals surface area contributed by atoms with Crippen molar-refractivity contribution in [2.24, 2.45) is 5.73 Å². The zero-order valence-electron chi connectivity index (χ0n) is 11.4. The van der Waals surface area contributed by atoms with Gasteiger partial charge in [-0.05, 0) is 49.2 Å². The van der Waals surface area contributed by atoms with E-state index in [1.54, 1.807) is 0 Å². The van der Waals surface area contributed by atoms with Crippen molar-refractivity contribution in [2.75, 3.05) is 6.54 Å². The highest BCUT2D eigenvalue weighted by Gasteiger charge is 2.03. The number of hydrogen-bond acceptors (Lipinski definition) is 3. The highest BCUT2D eigenvalue weighted by molar-refractivity contribution is 5.27. The van der Waals surface area contributed by atoms with Gasteiger partial charge in [-0.1, -0.05) is 19.1 Å². The molecule has 3 nitrogen and oxygen atoms in total. The Hall–Kier alpha value is -1.74. The van der Waals surface area contributed by atoms with Crippen molar-refractivity contribution in [3.8, 4) is 5.75 Å². The number of rotatable bonds is 7. The minimum Gasteiger partial charge on any atom is -0.486 e. The van der Waals surface area contributed by atoms with Crippen molar-refractivity contribution in [3.63, 3.8) is 0 Å². The second-order valence-corrected chi connectivity index (χ2v) is 4.55. The molecular weight excluding hydrogens is 238 g/mol. The standard InChI is InChI=1S/C16H21NO2/c1-2-13-5-7-14(8-6-13)18-12-16-10-9-15(19-16)4-3-11-17/h5-10H,2-4,11-12,17H2,1H3. The van der Waals surface area contributed by atoms with Crippen LogP contribution in [0.3, 0.4) is 0 Å². The molecule has 0 fully saturated rings. The first-order valence-electron chi connectivity index (χ1n) is 6.81. The molecule has 2 rings (SSSR count). The van der Waals surface area contributed by atoms with Crippen molar-refractivity contribution < 1.29 is 9.15 Å². The van der Waals surface area contributed by atoms with Gasteiger partial charge < -0.3 is 14.9 Å². The molecule has 0 aliphatic carbocycles. The Labute approximate surface area is 114 Å². The van der Waals surface area contributed by atoms with E-state index in [0.29, 0.717) is 13.2 Å². The fourth-order valence-electron chi connectivity index (χ4n) is 1.89. The molecule has 102 valence electrons. The third kappa shape index (κ3) is 4.14. The summed E-state index contributed by atoms with van der Waals surface area (Å²) in [6, 6.07) is 12.1. The SMILES string of the molecule is CCc1ccc(OCc2ccc(CCCN)o2)cc1. The first-order chi connectivity index (χ1) is 9.31. The van der Waals surface area contributed by atoms with Crippen molar-refractivity contribution in [3.05, 3.63) is 53.5 Å². The summed E-state index contributed by atoms with van der Waals surface area (Å²) < 4.78 is 11.4. The van der Waals surface area contributed by atoms with Crippen LogP contribution in [-0.2, 0) is 19.4 Å². The van der Waals surface area contributed by atoms with Gasteiger partial charge in [0.1, 0.15) is 23.9 Å². The Morgan fingerprint density at radius 1 is 1.05 bits per heavy atom. The van der Waals surface area contributed by atoms with Gasteiger partial charge in [0.25, 0.3) is 0 Å². The number of furan rings is 1. The van der Waals surface area contributed by atoms with Crippen LogP contribution in [0.25, 0.3) is 0 Å². The summed E-state index contributed by atoms with van der Waals surface area (Å²) in [6.07, 6.45) is 2.89. The maximum Gasteiger partial charge on any atom is 0.146 e. The largest absolute Gasteiger partial charge is 0.486 e. The zero-order valence-corrected chi connectivity index (χ0v) is 11.4. The molecular formula is C16H21NO2. The first-order valence-corrected chi connectivity index (χ1v) is 6.81. The fourth-order valence-corrected chi connectivity index (χ4v) is 1.89. The van der Waals surface area contributed by atoms with Crippen LogP contribution in [0, 0.1) is 0 Å². The van der Waals surface area contributed by atoms with E-state index in [1.165, 1.54) is 5.56 Å². The predicted molar refractivity (Wildman–Crippen MR) is 76.2 cm³/mol. The van der Waals surface area contributed by atoms with Gasteiger partial charge >= 0.3 is 0 Å². The second kappa shape index (κ2) is 7.00. The monoisotopic (exact) mass is 259 g/mol. The summed E-state index contributed by atoms with van der Waals surface area (Å²) in [5.74, 6) is 2.70. The van der Waals surface area contributed by atoms with E-state index in [1.807, 2.05) is 24.3 Å². The lowest BCUT2D eigenvalue weighted by molar-refractivity contribution is 0.266. The van der Waals surface area contributed by atoms with E-state index >= 15 is 0 Å². The third-order valence-corrected chi connectivity index (χ3v) is 3.06. The van der Waals surface area contributed by atoms with Gasteiger partial charge in [-0.15, -0.1) is 0 Å². The van der Waals surface area contributed by atoms with Crippen LogP contribution in [-0.4, -0.2) is 6.54 Å². The Kier molecular flexibility index (Phi) is 5.04. The van der Waals surface area contributed by atoms with E-state index in [-0.39, 0.29) is 0 Å². The number of hydrogen-bond donors (Lipinski definition) is 1. The van der Waals surface area contributed by atoms with Gasteiger partial charge in [-0.3, -0.25) is 0 Å². The van der Waals surface area contributed by atoms with E-state index < -0.39 is 0 Å². The maximum atomic E-state index is 5.69. The topological polar surface area (TPSA) is 48.4 Å². The maximum absolute atomic E-state index is 5.69. The van der Waals surface area contributed by atoms with Crippen molar-refractivity contribution in [1.82, 2.24) is 0 Å². The molecule has 0 aliphatic heterocycles. The van der Waals surface area contributed by atoms with Crippen molar-refractivity contribution >= 4 is 0 Å². The molecule has 0 saturated carbocycles. The summed E-state index contributed by atoms with van der Waals surface area (Å²) in [7, 11) is 0. The van der Waals surface area contributed by atoms with Crippen LogP contribution in [0.1, 0.15) is 30.4 Å². The molecule has 0 bridgehead atoms. The van der Waals surface area contributed by atoms with E-state index in [0.717, 1.165) is 36.5 Å². The molecule has 0 aliphatic rings. The summed E-state index contributed by atoms with van der Waals surface area (Å²) in [5, 5.41) is 0. The molecule has 1 aromatic carbocycles. The van der Waals surface area contributed by atoms with Crippen molar-refractivity contribution in [1.29, 1.82) is 0 Å². The van der Waals surface area contributed by atoms with E-state index in [9.17, 15) is 0 Å². The zero-order chi connectivity index (χ0) is 13.5. The third-order valence-electron chi connectivity index (χ3n) is 3.06. The van der Waals surface area contributed by atoms with Crippen LogP contribution in [0.5, 0.6) is 5.75 Å². The predicted octanol–water partition coefficient (Wildman–Crippen LogP) is 3.31. The summed E-state index contributed by atoms with van der Waals surface area (Å²) in [5.41, 5.74) is 6.79. The first kappa shape index (κ1) is 13.7. The molecule has 0 amide bonds. The average molecular weight is 259 g/mol. The fraction of sp³-hybridized carbons (Fsp3) is 0.375. The number of ether oxygens (including phenoxy) is 1. The van der Waals surface area contributed by atoms with Crippen LogP contribution in [0.15, 0.2) is 40.8 Å². The lowest BCUT2D eigenvalue weighted by Gasteiger charge is -2.05. The molecule has 2 aromatic rings. The molecule has 1 aromatic heterocycles. The number of aryl methyl sites for hydroxylation is 2. The highest BCUT2D eigenvalue weighted by Crippen LogP contribution is 2.16. The second-order valence-electron chi connectivity index (χ2n) is 4.55. The molecule has 0 unspecified atom stereocenters. The molecule has 19 heavy (non-hydrogen) atoms. The van der Waals surface area contributed by atoms with Crippen molar-refractivity contribution in [2.45, 2.75) is 32.8 Å². The Balaban J connectivity index is 1.85. The molecule has 1 heterocycles. The van der Waals surface area contributed by atoms with E-state index in [4.69, 9.17) is 14.9 Å². The van der Waals surface area contributed by atoms with Gasteiger partial charge in [0.2, 0.25) is 0 Å². The average Bonchev–Trinajstić information content (AvgIpc) is 2.91. The molecule has 2 N–H and O–H groups in total. The van der Waals surface area contributed by atoms with Gasteiger partial charge in [-0.2, -0.15) is 0 Å². The van der Waals surface area contributed by atoms with Gasteiger partial charge in [0.15, 0.2) is 0 Å². The Bertz CT molecular complexity index is 488. The van der Waals surface area contributed by atoms with Gasteiger partial charge in [0, 0.05) is 6.42 Å². The van der Waals surface area contributed by atoms with Crippen LogP contribution in [0.4, 0.5) is 0 Å². The Morgan fingerprint density at radius 2 is 1.79 bits per heavy atom. The normalized spacial score (nSPS) is 10.6. The summed E-state index contributed by atoms with van der Waals surface area (Å²) >= 11 is 0. The highest BCUT2D eigenvalue weighted by atomic mass is 16.5. The molecule has 0 radical (unpaired) electrons.